The van der Waals surface area contributed by atoms with Crippen LogP contribution in [0.15, 0.2) is 66.7 Å². The highest BCUT2D eigenvalue weighted by Crippen LogP contribution is 2.21. The van der Waals surface area contributed by atoms with E-state index in [2.05, 4.69) is 10.9 Å². The van der Waals surface area contributed by atoms with Crippen LogP contribution in [-0.4, -0.2) is 17.9 Å². The number of hydrazine groups is 1. The number of ether oxygens (including phenoxy) is 1. The number of carbonyl (C=O) groups is 2. The molecule has 0 fully saturated rings. The normalized spacial score (nSPS) is 11.6. The number of carbonyl (C=O) groups excluding carboxylic acids is 2. The minimum absolute atomic E-state index is 0.0693. The molecule has 27 heavy (non-hydrogen) atoms. The Hall–Kier alpha value is -3.05. The van der Waals surface area contributed by atoms with Gasteiger partial charge in [0, 0.05) is 5.02 Å². The van der Waals surface area contributed by atoms with Crippen LogP contribution in [0.3, 0.4) is 0 Å². The van der Waals surface area contributed by atoms with Gasteiger partial charge in [-0.3, -0.25) is 20.4 Å². The summed E-state index contributed by atoms with van der Waals surface area (Å²) in [6.07, 6.45) is -0.702. The molecule has 5 nitrogen and oxygen atoms in total. The Kier molecular flexibility index (Phi) is 5.94. The summed E-state index contributed by atoms with van der Waals surface area (Å²) < 4.78 is 5.67. The summed E-state index contributed by atoms with van der Waals surface area (Å²) in [5.41, 5.74) is 5.44. The average molecular weight is 383 g/mol. The first-order chi connectivity index (χ1) is 13.0. The Bertz CT molecular complexity index is 974. The summed E-state index contributed by atoms with van der Waals surface area (Å²) in [4.78, 5) is 24.1. The van der Waals surface area contributed by atoms with Gasteiger partial charge in [0.2, 0.25) is 5.91 Å². The number of benzene rings is 3. The molecule has 2 N–H and O–H groups in total. The zero-order chi connectivity index (χ0) is 19.2. The zero-order valence-corrected chi connectivity index (χ0v) is 15.5. The van der Waals surface area contributed by atoms with Gasteiger partial charge in [0.15, 0.2) is 6.10 Å². The predicted molar refractivity (Wildman–Crippen MR) is 105 cm³/mol. The number of amides is 2. The van der Waals surface area contributed by atoms with E-state index >= 15 is 0 Å². The molecular weight excluding hydrogens is 364 g/mol. The standard InChI is InChI=1S/C21H19ClN2O3/c1-14(27-18-11-10-15-6-2-3-7-16(15)12-18)21(26)24-23-20(25)13-17-8-4-5-9-19(17)22/h2-12,14H,13H2,1H3,(H,23,25)(H,24,26)/t14-/m0/s1. The zero-order valence-electron chi connectivity index (χ0n) is 14.7. The quantitative estimate of drug-likeness (QED) is 0.662. The lowest BCUT2D eigenvalue weighted by molar-refractivity contribution is -0.132. The number of hydrogen-bond acceptors (Lipinski definition) is 3. The van der Waals surface area contributed by atoms with Crippen molar-refractivity contribution in [3.8, 4) is 5.75 Å². The first kappa shape index (κ1) is 18.7. The maximum Gasteiger partial charge on any atom is 0.279 e. The van der Waals surface area contributed by atoms with E-state index in [1.54, 1.807) is 31.2 Å². The van der Waals surface area contributed by atoms with E-state index in [9.17, 15) is 9.59 Å². The van der Waals surface area contributed by atoms with E-state index in [1.807, 2.05) is 42.5 Å². The maximum atomic E-state index is 12.2. The van der Waals surface area contributed by atoms with E-state index in [-0.39, 0.29) is 12.3 Å². The predicted octanol–water partition coefficient (Wildman–Crippen LogP) is 3.65. The van der Waals surface area contributed by atoms with Crippen molar-refractivity contribution < 1.29 is 14.3 Å². The molecule has 0 aliphatic rings. The Labute approximate surface area is 162 Å². The van der Waals surface area contributed by atoms with Crippen LogP contribution < -0.4 is 15.6 Å². The molecule has 0 saturated heterocycles. The second-order valence-corrected chi connectivity index (χ2v) is 6.48. The van der Waals surface area contributed by atoms with Crippen molar-refractivity contribution in [3.05, 3.63) is 77.3 Å². The van der Waals surface area contributed by atoms with Crippen molar-refractivity contribution in [1.29, 1.82) is 0 Å². The van der Waals surface area contributed by atoms with Gasteiger partial charge in [-0.1, -0.05) is 60.1 Å². The molecule has 0 aliphatic carbocycles. The van der Waals surface area contributed by atoms with Gasteiger partial charge < -0.3 is 4.74 Å². The van der Waals surface area contributed by atoms with Crippen molar-refractivity contribution in [1.82, 2.24) is 10.9 Å². The van der Waals surface area contributed by atoms with Crippen molar-refractivity contribution in [3.63, 3.8) is 0 Å². The third kappa shape index (κ3) is 4.99. The summed E-state index contributed by atoms with van der Waals surface area (Å²) in [5, 5.41) is 2.62. The van der Waals surface area contributed by atoms with Gasteiger partial charge in [0.05, 0.1) is 6.42 Å². The van der Waals surface area contributed by atoms with Crippen molar-refractivity contribution in [2.24, 2.45) is 0 Å². The molecule has 0 spiro atoms. The van der Waals surface area contributed by atoms with Gasteiger partial charge in [-0.05, 0) is 41.5 Å². The third-order valence-corrected chi connectivity index (χ3v) is 4.41. The topological polar surface area (TPSA) is 67.4 Å². The smallest absolute Gasteiger partial charge is 0.279 e. The highest BCUT2D eigenvalue weighted by atomic mass is 35.5. The van der Waals surface area contributed by atoms with E-state index in [0.29, 0.717) is 16.3 Å². The Balaban J connectivity index is 1.52. The molecule has 3 aromatic rings. The lowest BCUT2D eigenvalue weighted by Gasteiger charge is -2.15. The molecule has 0 bridgehead atoms. The number of nitrogens with one attached hydrogen (secondary N) is 2. The second kappa shape index (κ2) is 8.56. The van der Waals surface area contributed by atoms with Crippen molar-refractivity contribution in [2.75, 3.05) is 0 Å². The van der Waals surface area contributed by atoms with E-state index in [0.717, 1.165) is 10.8 Å². The molecule has 3 aromatic carbocycles. The van der Waals surface area contributed by atoms with E-state index < -0.39 is 12.0 Å². The Morgan fingerprint density at radius 2 is 1.67 bits per heavy atom. The lowest BCUT2D eigenvalue weighted by atomic mass is 10.1. The van der Waals surface area contributed by atoms with Crippen LogP contribution in [0.4, 0.5) is 0 Å². The third-order valence-electron chi connectivity index (χ3n) is 4.04. The van der Waals surface area contributed by atoms with Crippen LogP contribution in [0.2, 0.25) is 5.02 Å². The summed E-state index contributed by atoms with van der Waals surface area (Å²) in [6, 6.07) is 20.5. The van der Waals surface area contributed by atoms with E-state index in [4.69, 9.17) is 16.3 Å². The lowest BCUT2D eigenvalue weighted by Crippen LogP contribution is -2.47. The fourth-order valence-electron chi connectivity index (χ4n) is 2.59. The highest BCUT2D eigenvalue weighted by Gasteiger charge is 2.16. The molecule has 0 radical (unpaired) electrons. The fraction of sp³-hybridized carbons (Fsp3) is 0.143. The SMILES string of the molecule is C[C@H](Oc1ccc2ccccc2c1)C(=O)NNC(=O)Cc1ccccc1Cl. The summed E-state index contributed by atoms with van der Waals surface area (Å²) in [7, 11) is 0. The highest BCUT2D eigenvalue weighted by molar-refractivity contribution is 6.31. The molecular formula is C21H19ClN2O3. The molecule has 2 amide bonds. The van der Waals surface area contributed by atoms with Crippen LogP contribution in [0.25, 0.3) is 10.8 Å². The molecule has 1 atom stereocenters. The molecule has 0 saturated carbocycles. The van der Waals surface area contributed by atoms with E-state index in [1.165, 1.54) is 0 Å². The van der Waals surface area contributed by atoms with Gasteiger partial charge in [-0.15, -0.1) is 0 Å². The van der Waals surface area contributed by atoms with Crippen LogP contribution in [0.1, 0.15) is 12.5 Å². The summed E-state index contributed by atoms with van der Waals surface area (Å²) in [5.74, 6) is -0.233. The van der Waals surface area contributed by atoms with Gasteiger partial charge in [-0.2, -0.15) is 0 Å². The second-order valence-electron chi connectivity index (χ2n) is 6.07. The molecule has 6 heteroatoms. The molecule has 3 rings (SSSR count). The van der Waals surface area contributed by atoms with Crippen LogP contribution in [-0.2, 0) is 16.0 Å². The molecule has 0 aromatic heterocycles. The molecule has 0 heterocycles. The van der Waals surface area contributed by atoms with Gasteiger partial charge in [-0.25, -0.2) is 0 Å². The number of fused-ring (bicyclic) bond motifs is 1. The largest absolute Gasteiger partial charge is 0.481 e. The first-order valence-corrected chi connectivity index (χ1v) is 8.88. The van der Waals surface area contributed by atoms with Gasteiger partial charge in [0.25, 0.3) is 5.91 Å². The van der Waals surface area contributed by atoms with Crippen molar-refractivity contribution in [2.45, 2.75) is 19.4 Å². The first-order valence-electron chi connectivity index (χ1n) is 8.50. The average Bonchev–Trinajstić information content (AvgIpc) is 2.67. The Morgan fingerprint density at radius 3 is 2.44 bits per heavy atom. The summed E-state index contributed by atoms with van der Waals surface area (Å²) >= 11 is 6.03. The maximum absolute atomic E-state index is 12.2. The van der Waals surface area contributed by atoms with Crippen molar-refractivity contribution >= 4 is 34.2 Å². The van der Waals surface area contributed by atoms with Crippen LogP contribution >= 0.6 is 11.6 Å². The fourth-order valence-corrected chi connectivity index (χ4v) is 2.79. The number of hydrogen-bond donors (Lipinski definition) is 2. The molecule has 0 aliphatic heterocycles. The Morgan fingerprint density at radius 1 is 0.963 bits per heavy atom. The molecule has 138 valence electrons. The van der Waals surface area contributed by atoms with Gasteiger partial charge >= 0.3 is 0 Å². The monoisotopic (exact) mass is 382 g/mol. The minimum Gasteiger partial charge on any atom is -0.481 e. The summed E-state index contributed by atoms with van der Waals surface area (Å²) in [6.45, 7) is 1.62. The number of rotatable bonds is 5. The van der Waals surface area contributed by atoms with Crippen LogP contribution in [0, 0.1) is 0 Å². The van der Waals surface area contributed by atoms with Gasteiger partial charge in [0.1, 0.15) is 5.75 Å². The molecule has 0 unspecified atom stereocenters. The minimum atomic E-state index is -0.772. The van der Waals surface area contributed by atoms with Crippen LogP contribution in [0.5, 0.6) is 5.75 Å². The number of halogens is 1.